The minimum Gasteiger partial charge on any atom is -0.449 e. The van der Waals surface area contributed by atoms with Crippen LogP contribution in [-0.2, 0) is 18.6 Å². The number of hydrogen-bond donors (Lipinski definition) is 0. The van der Waals surface area contributed by atoms with E-state index in [-0.39, 0.29) is 23.3 Å². The van der Waals surface area contributed by atoms with Gasteiger partial charge in [-0.3, -0.25) is 0 Å². The maximum absolute atomic E-state index is 13.0. The van der Waals surface area contributed by atoms with Crippen LogP contribution in [0.2, 0.25) is 5.04 Å². The Hall–Kier alpha value is -2.19. The van der Waals surface area contributed by atoms with Gasteiger partial charge in [0.25, 0.3) is 8.32 Å². The van der Waals surface area contributed by atoms with Crippen LogP contribution in [0.1, 0.15) is 47.0 Å². The van der Waals surface area contributed by atoms with Gasteiger partial charge >= 0.3 is 6.09 Å². The Morgan fingerprint density at radius 1 is 0.972 bits per heavy atom. The lowest BCUT2D eigenvalue weighted by Gasteiger charge is -2.44. The first-order valence-corrected chi connectivity index (χ1v) is 15.0. The summed E-state index contributed by atoms with van der Waals surface area (Å²) in [5.74, 6) is 0. The molecule has 2 unspecified atom stereocenters. The summed E-state index contributed by atoms with van der Waals surface area (Å²) in [4.78, 5) is 14.9. The molecule has 1 aliphatic rings. The lowest BCUT2D eigenvalue weighted by atomic mass is 10.2. The number of carbonyl (C=O) groups is 1. The molecule has 0 radical (unpaired) electrons. The van der Waals surface area contributed by atoms with Crippen molar-refractivity contribution in [3.05, 3.63) is 60.7 Å². The Labute approximate surface area is 218 Å². The molecule has 36 heavy (non-hydrogen) atoms. The number of methoxy groups -OCH3 is 1. The van der Waals surface area contributed by atoms with Gasteiger partial charge < -0.3 is 23.5 Å². The van der Waals surface area contributed by atoms with Crippen LogP contribution >= 0.6 is 0 Å². The molecule has 1 saturated heterocycles. The Morgan fingerprint density at radius 2 is 1.58 bits per heavy atom. The average Bonchev–Trinajstić information content (AvgIpc) is 3.28. The average molecular weight is 514 g/mol. The van der Waals surface area contributed by atoms with Crippen molar-refractivity contribution in [2.24, 2.45) is 0 Å². The molecular weight excluding hydrogens is 470 g/mol. The van der Waals surface area contributed by atoms with E-state index in [1.807, 2.05) is 17.0 Å². The van der Waals surface area contributed by atoms with Crippen molar-refractivity contribution in [3.63, 3.8) is 0 Å². The van der Waals surface area contributed by atoms with Crippen molar-refractivity contribution in [2.75, 3.05) is 40.1 Å². The third kappa shape index (κ3) is 6.76. The summed E-state index contributed by atoms with van der Waals surface area (Å²) in [5.41, 5.74) is 0. The van der Waals surface area contributed by atoms with E-state index >= 15 is 0 Å². The summed E-state index contributed by atoms with van der Waals surface area (Å²) >= 11 is 0. The van der Waals surface area contributed by atoms with E-state index in [0.29, 0.717) is 39.4 Å². The van der Waals surface area contributed by atoms with Gasteiger partial charge in [-0.05, 0) is 28.3 Å². The largest absolute Gasteiger partial charge is 0.449 e. The third-order valence-electron chi connectivity index (χ3n) is 6.84. The molecule has 198 valence electrons. The highest BCUT2D eigenvalue weighted by Gasteiger charge is 2.53. The molecule has 3 rings (SSSR count). The second-order valence-corrected chi connectivity index (χ2v) is 14.7. The topological polar surface area (TPSA) is 57.2 Å². The van der Waals surface area contributed by atoms with Gasteiger partial charge in [-0.2, -0.15) is 0 Å². The SMILES string of the molecule is CCCCOC(=O)N1CC(O[Si](c2ccccc2)(c2ccccc2)C(C)(C)C)CC1COCCOC. The number of benzene rings is 2. The number of nitrogens with zero attached hydrogens (tertiary/aromatic N) is 1. The highest BCUT2D eigenvalue weighted by molar-refractivity contribution is 6.99. The van der Waals surface area contributed by atoms with Crippen molar-refractivity contribution in [1.82, 2.24) is 4.90 Å². The summed E-state index contributed by atoms with van der Waals surface area (Å²) in [6, 6.07) is 21.1. The normalized spacial score (nSPS) is 18.4. The van der Waals surface area contributed by atoms with Crippen LogP contribution in [0.25, 0.3) is 0 Å². The van der Waals surface area contributed by atoms with Gasteiger partial charge in [-0.1, -0.05) is 94.8 Å². The second kappa shape index (κ2) is 13.4. The molecule has 1 amide bonds. The van der Waals surface area contributed by atoms with Crippen molar-refractivity contribution in [3.8, 4) is 0 Å². The van der Waals surface area contributed by atoms with Crippen LogP contribution < -0.4 is 10.4 Å². The Morgan fingerprint density at radius 3 is 2.11 bits per heavy atom. The fourth-order valence-electron chi connectivity index (χ4n) is 5.03. The van der Waals surface area contributed by atoms with Crippen molar-refractivity contribution in [1.29, 1.82) is 0 Å². The van der Waals surface area contributed by atoms with Gasteiger partial charge in [0.2, 0.25) is 0 Å². The van der Waals surface area contributed by atoms with E-state index in [2.05, 4.69) is 76.2 Å². The third-order valence-corrected chi connectivity index (χ3v) is 11.9. The minimum atomic E-state index is -2.72. The standard InChI is InChI=1S/C29H43NO5Si/c1-6-7-18-34-28(31)30-22-25(21-24(30)23-33-20-19-32-5)35-36(29(2,3)4,26-14-10-8-11-15-26)27-16-12-9-13-17-27/h8-17,24-25H,6-7,18-23H2,1-5H3. The molecule has 2 atom stereocenters. The Bertz CT molecular complexity index is 879. The molecule has 1 aliphatic heterocycles. The maximum Gasteiger partial charge on any atom is 0.410 e. The molecule has 1 fully saturated rings. The van der Waals surface area contributed by atoms with Gasteiger partial charge in [0.1, 0.15) is 0 Å². The molecule has 0 N–H and O–H groups in total. The molecule has 0 aromatic heterocycles. The smallest absolute Gasteiger partial charge is 0.410 e. The van der Waals surface area contributed by atoms with Crippen molar-refractivity contribution >= 4 is 24.8 Å². The number of likely N-dealkylation sites (tertiary alicyclic amines) is 1. The molecule has 0 bridgehead atoms. The number of carbonyl (C=O) groups excluding carboxylic acids is 1. The van der Waals surface area contributed by atoms with E-state index in [9.17, 15) is 4.79 Å². The summed E-state index contributed by atoms with van der Waals surface area (Å²) in [6.45, 7) is 11.3. The lowest BCUT2D eigenvalue weighted by Crippen LogP contribution is -2.67. The highest BCUT2D eigenvalue weighted by Crippen LogP contribution is 2.39. The van der Waals surface area contributed by atoms with Crippen LogP contribution in [0.5, 0.6) is 0 Å². The molecule has 2 aromatic carbocycles. The van der Waals surface area contributed by atoms with E-state index in [1.54, 1.807) is 7.11 Å². The van der Waals surface area contributed by atoms with Crippen LogP contribution in [0.3, 0.4) is 0 Å². The number of hydrogen-bond acceptors (Lipinski definition) is 5. The Balaban J connectivity index is 1.91. The first-order valence-electron chi connectivity index (χ1n) is 13.1. The molecule has 0 saturated carbocycles. The fourth-order valence-corrected chi connectivity index (χ4v) is 9.72. The molecule has 2 aromatic rings. The summed E-state index contributed by atoms with van der Waals surface area (Å²) in [7, 11) is -1.07. The summed E-state index contributed by atoms with van der Waals surface area (Å²) in [5, 5.41) is 2.34. The summed E-state index contributed by atoms with van der Waals surface area (Å²) < 4.78 is 23.9. The second-order valence-electron chi connectivity index (χ2n) is 10.5. The van der Waals surface area contributed by atoms with E-state index < -0.39 is 8.32 Å². The maximum atomic E-state index is 13.0. The predicted octanol–water partition coefficient (Wildman–Crippen LogP) is 4.61. The van der Waals surface area contributed by atoms with Crippen LogP contribution in [0, 0.1) is 0 Å². The van der Waals surface area contributed by atoms with E-state index in [1.165, 1.54) is 10.4 Å². The zero-order valence-electron chi connectivity index (χ0n) is 22.6. The van der Waals surface area contributed by atoms with Crippen molar-refractivity contribution < 1.29 is 23.4 Å². The summed E-state index contributed by atoms with van der Waals surface area (Å²) in [6.07, 6.45) is 2.15. The van der Waals surface area contributed by atoms with Crippen LogP contribution in [-0.4, -0.2) is 71.5 Å². The van der Waals surface area contributed by atoms with Gasteiger partial charge in [-0.25, -0.2) is 4.79 Å². The molecular formula is C29H43NO5Si. The zero-order chi connectivity index (χ0) is 26.0. The molecule has 0 aliphatic carbocycles. The van der Waals surface area contributed by atoms with Gasteiger partial charge in [0.15, 0.2) is 0 Å². The van der Waals surface area contributed by atoms with E-state index in [4.69, 9.17) is 18.6 Å². The lowest BCUT2D eigenvalue weighted by molar-refractivity contribution is 0.0346. The molecule has 6 nitrogen and oxygen atoms in total. The van der Waals surface area contributed by atoms with Crippen LogP contribution in [0.15, 0.2) is 60.7 Å². The first kappa shape index (κ1) is 28.4. The van der Waals surface area contributed by atoms with E-state index in [0.717, 1.165) is 12.8 Å². The fraction of sp³-hybridized carbons (Fsp3) is 0.552. The molecule has 1 heterocycles. The van der Waals surface area contributed by atoms with Gasteiger partial charge in [-0.15, -0.1) is 0 Å². The van der Waals surface area contributed by atoms with Gasteiger partial charge in [0.05, 0.1) is 38.6 Å². The quantitative estimate of drug-likeness (QED) is 0.307. The van der Waals surface area contributed by atoms with Crippen LogP contribution in [0.4, 0.5) is 4.79 Å². The predicted molar refractivity (Wildman–Crippen MR) is 147 cm³/mol. The number of ether oxygens (including phenoxy) is 3. The monoisotopic (exact) mass is 513 g/mol. The molecule has 7 heteroatoms. The Kier molecular flexibility index (Phi) is 10.5. The molecule has 0 spiro atoms. The number of rotatable bonds is 12. The van der Waals surface area contributed by atoms with Gasteiger partial charge in [0, 0.05) is 13.7 Å². The van der Waals surface area contributed by atoms with Crippen molar-refractivity contribution in [2.45, 2.75) is 64.1 Å². The first-order chi connectivity index (χ1) is 17.3. The highest BCUT2D eigenvalue weighted by atomic mass is 28.4. The minimum absolute atomic E-state index is 0.0980. The zero-order valence-corrected chi connectivity index (χ0v) is 23.6. The number of unbranched alkanes of at least 4 members (excludes halogenated alkanes) is 1. The number of amides is 1.